The maximum atomic E-state index is 11.8. The van der Waals surface area contributed by atoms with Crippen LogP contribution in [0.4, 0.5) is 0 Å². The van der Waals surface area contributed by atoms with Gasteiger partial charge in [-0.15, -0.1) is 0 Å². The summed E-state index contributed by atoms with van der Waals surface area (Å²) in [5.74, 6) is 0.154. The molecular weight excluding hydrogens is 240 g/mol. The van der Waals surface area contributed by atoms with Crippen molar-refractivity contribution in [3.63, 3.8) is 0 Å². The van der Waals surface area contributed by atoms with Crippen molar-refractivity contribution in [3.8, 4) is 0 Å². The summed E-state index contributed by atoms with van der Waals surface area (Å²) in [6.07, 6.45) is 3.06. The first kappa shape index (κ1) is 16.4. The van der Waals surface area contributed by atoms with Gasteiger partial charge in [-0.25, -0.2) is 0 Å². The zero-order valence-electron chi connectivity index (χ0n) is 12.9. The zero-order valence-corrected chi connectivity index (χ0v) is 12.9. The molecule has 1 amide bonds. The molecule has 0 aromatic heterocycles. The van der Waals surface area contributed by atoms with Gasteiger partial charge >= 0.3 is 0 Å². The third-order valence-corrected chi connectivity index (χ3v) is 4.21. The van der Waals surface area contributed by atoms with Crippen LogP contribution in [0, 0.1) is 0 Å². The van der Waals surface area contributed by atoms with Crippen molar-refractivity contribution >= 4 is 5.91 Å². The number of likely N-dealkylation sites (N-methyl/N-ethyl adjacent to an activating group) is 2. The van der Waals surface area contributed by atoms with Crippen molar-refractivity contribution in [2.45, 2.75) is 38.3 Å². The van der Waals surface area contributed by atoms with E-state index in [-0.39, 0.29) is 11.9 Å². The first-order valence-corrected chi connectivity index (χ1v) is 7.34. The highest BCUT2D eigenvalue weighted by Gasteiger charge is 2.27. The molecular formula is C14H30N4O. The topological polar surface area (TPSA) is 52.8 Å². The first-order valence-electron chi connectivity index (χ1n) is 7.34. The van der Waals surface area contributed by atoms with Crippen LogP contribution in [0.1, 0.15) is 26.2 Å². The molecule has 0 radical (unpaired) electrons. The SMILES string of the molecule is CCN1CCCC1CN(C)C(CN)CC(=O)N(C)C. The van der Waals surface area contributed by atoms with Crippen LogP contribution in [0.2, 0.25) is 0 Å². The number of nitrogens with two attached hydrogens (primary N) is 1. The van der Waals surface area contributed by atoms with Gasteiger partial charge in [0.25, 0.3) is 0 Å². The van der Waals surface area contributed by atoms with E-state index in [2.05, 4.69) is 23.8 Å². The molecule has 1 fully saturated rings. The molecule has 0 saturated carbocycles. The van der Waals surface area contributed by atoms with E-state index in [1.54, 1.807) is 19.0 Å². The monoisotopic (exact) mass is 270 g/mol. The summed E-state index contributed by atoms with van der Waals surface area (Å²) in [7, 11) is 5.68. The van der Waals surface area contributed by atoms with Crippen LogP contribution in [0.15, 0.2) is 0 Å². The number of likely N-dealkylation sites (tertiary alicyclic amines) is 1. The molecule has 2 N–H and O–H groups in total. The average molecular weight is 270 g/mol. The Morgan fingerprint density at radius 2 is 2.11 bits per heavy atom. The van der Waals surface area contributed by atoms with Crippen LogP contribution >= 0.6 is 0 Å². The molecule has 5 heteroatoms. The number of hydrogen-bond acceptors (Lipinski definition) is 4. The van der Waals surface area contributed by atoms with Crippen molar-refractivity contribution in [1.82, 2.24) is 14.7 Å². The number of rotatable bonds is 7. The number of carbonyl (C=O) groups excluding carboxylic acids is 1. The summed E-state index contributed by atoms with van der Waals surface area (Å²) in [6, 6.07) is 0.771. The van der Waals surface area contributed by atoms with Gasteiger partial charge in [-0.05, 0) is 33.0 Å². The Kier molecular flexibility index (Phi) is 6.75. The fourth-order valence-electron chi connectivity index (χ4n) is 2.80. The van der Waals surface area contributed by atoms with Gasteiger partial charge in [0.15, 0.2) is 0 Å². The second kappa shape index (κ2) is 7.82. The lowest BCUT2D eigenvalue weighted by atomic mass is 10.1. The van der Waals surface area contributed by atoms with Crippen molar-refractivity contribution in [2.24, 2.45) is 5.73 Å². The summed E-state index contributed by atoms with van der Waals surface area (Å²) >= 11 is 0. The smallest absolute Gasteiger partial charge is 0.223 e. The molecule has 0 aromatic rings. The Bertz CT molecular complexity index is 283. The molecule has 0 aliphatic carbocycles. The van der Waals surface area contributed by atoms with Crippen LogP contribution in [-0.2, 0) is 4.79 Å². The van der Waals surface area contributed by atoms with Crippen molar-refractivity contribution in [3.05, 3.63) is 0 Å². The lowest BCUT2D eigenvalue weighted by Gasteiger charge is -2.32. The molecule has 1 aliphatic heterocycles. The minimum Gasteiger partial charge on any atom is -0.349 e. The Morgan fingerprint density at radius 3 is 2.63 bits per heavy atom. The zero-order chi connectivity index (χ0) is 14.4. The third kappa shape index (κ3) is 4.75. The summed E-state index contributed by atoms with van der Waals surface area (Å²) in [4.78, 5) is 18.2. The molecule has 1 aliphatic rings. The second-order valence-electron chi connectivity index (χ2n) is 5.75. The van der Waals surface area contributed by atoms with Gasteiger partial charge in [0.1, 0.15) is 0 Å². The fourth-order valence-corrected chi connectivity index (χ4v) is 2.80. The Hall–Kier alpha value is -0.650. The normalized spacial score (nSPS) is 21.9. The molecule has 5 nitrogen and oxygen atoms in total. The van der Waals surface area contributed by atoms with Gasteiger partial charge in [-0.2, -0.15) is 0 Å². The molecule has 2 atom stereocenters. The summed E-state index contributed by atoms with van der Waals surface area (Å²) in [5.41, 5.74) is 5.84. The van der Waals surface area contributed by atoms with Gasteiger partial charge in [-0.1, -0.05) is 6.92 Å². The minimum absolute atomic E-state index is 0.147. The van der Waals surface area contributed by atoms with Gasteiger partial charge in [0, 0.05) is 45.7 Å². The second-order valence-corrected chi connectivity index (χ2v) is 5.75. The van der Waals surface area contributed by atoms with E-state index >= 15 is 0 Å². The van der Waals surface area contributed by atoms with Crippen LogP contribution in [-0.4, -0.2) is 80.0 Å². The van der Waals surface area contributed by atoms with Crippen LogP contribution < -0.4 is 5.73 Å². The predicted molar refractivity (Wildman–Crippen MR) is 79.1 cm³/mol. The van der Waals surface area contributed by atoms with E-state index in [9.17, 15) is 4.79 Å². The summed E-state index contributed by atoms with van der Waals surface area (Å²) in [6.45, 7) is 6.08. The van der Waals surface area contributed by atoms with Gasteiger partial charge in [0.2, 0.25) is 5.91 Å². The fraction of sp³-hybridized carbons (Fsp3) is 0.929. The molecule has 1 heterocycles. The van der Waals surface area contributed by atoms with Crippen molar-refractivity contribution < 1.29 is 4.79 Å². The van der Waals surface area contributed by atoms with Crippen LogP contribution in [0.3, 0.4) is 0 Å². The molecule has 112 valence electrons. The van der Waals surface area contributed by atoms with Crippen LogP contribution in [0.25, 0.3) is 0 Å². The van der Waals surface area contributed by atoms with E-state index < -0.39 is 0 Å². The van der Waals surface area contributed by atoms with Crippen molar-refractivity contribution in [2.75, 3.05) is 47.3 Å². The predicted octanol–water partition coefficient (Wildman–Crippen LogP) is 0.208. The average Bonchev–Trinajstić information content (AvgIpc) is 2.82. The van der Waals surface area contributed by atoms with Gasteiger partial charge in [-0.3, -0.25) is 9.69 Å². The molecule has 0 spiro atoms. The highest BCUT2D eigenvalue weighted by molar-refractivity contribution is 5.76. The minimum atomic E-state index is 0.147. The summed E-state index contributed by atoms with van der Waals surface area (Å²) < 4.78 is 0. The molecule has 1 saturated heterocycles. The lowest BCUT2D eigenvalue weighted by molar-refractivity contribution is -0.129. The standard InChI is InChI=1S/C14H30N4O/c1-5-18-8-6-7-12(18)11-17(4)13(10-15)9-14(19)16(2)3/h12-13H,5-11,15H2,1-4H3. The van der Waals surface area contributed by atoms with E-state index in [1.807, 2.05) is 0 Å². The largest absolute Gasteiger partial charge is 0.349 e. The molecule has 2 unspecified atom stereocenters. The van der Waals surface area contributed by atoms with E-state index in [4.69, 9.17) is 5.73 Å². The third-order valence-electron chi connectivity index (χ3n) is 4.21. The van der Waals surface area contributed by atoms with Gasteiger partial charge in [0.05, 0.1) is 0 Å². The number of carbonyl (C=O) groups is 1. The number of nitrogens with zero attached hydrogens (tertiary/aromatic N) is 3. The molecule has 19 heavy (non-hydrogen) atoms. The molecule has 0 bridgehead atoms. The molecule has 0 aromatic carbocycles. The number of amides is 1. The highest BCUT2D eigenvalue weighted by Crippen LogP contribution is 2.18. The maximum Gasteiger partial charge on any atom is 0.223 e. The molecule has 1 rings (SSSR count). The summed E-state index contributed by atoms with van der Waals surface area (Å²) in [5, 5.41) is 0. The quantitative estimate of drug-likeness (QED) is 0.718. The van der Waals surface area contributed by atoms with Crippen LogP contribution in [0.5, 0.6) is 0 Å². The Balaban J connectivity index is 2.49. The lowest BCUT2D eigenvalue weighted by Crippen LogP contribution is -2.47. The maximum absolute atomic E-state index is 11.8. The van der Waals surface area contributed by atoms with Gasteiger partial charge < -0.3 is 15.5 Å². The first-order chi connectivity index (χ1) is 8.99. The van der Waals surface area contributed by atoms with E-state index in [0.717, 1.165) is 13.1 Å². The Labute approximate surface area is 117 Å². The van der Waals surface area contributed by atoms with E-state index in [1.165, 1.54) is 19.4 Å². The number of hydrogen-bond donors (Lipinski definition) is 1. The highest BCUT2D eigenvalue weighted by atomic mass is 16.2. The van der Waals surface area contributed by atoms with E-state index in [0.29, 0.717) is 19.0 Å². The Morgan fingerprint density at radius 1 is 1.42 bits per heavy atom. The van der Waals surface area contributed by atoms with Crippen molar-refractivity contribution in [1.29, 1.82) is 0 Å².